The van der Waals surface area contributed by atoms with E-state index in [0.29, 0.717) is 15.6 Å². The third-order valence-corrected chi connectivity index (χ3v) is 2.03. The van der Waals surface area contributed by atoms with Gasteiger partial charge >= 0.3 is 6.09 Å². The molecule has 0 bridgehead atoms. The maximum atomic E-state index is 10.1. The molecule has 0 fully saturated rings. The molecule has 0 aliphatic carbocycles. The molecule has 0 saturated heterocycles. The maximum absolute atomic E-state index is 10.1. The Balaban J connectivity index is 2.73. The first-order valence-electron chi connectivity index (χ1n) is 3.54. The Bertz CT molecular complexity index is 380. The van der Waals surface area contributed by atoms with E-state index in [4.69, 9.17) is 23.2 Å². The summed E-state index contributed by atoms with van der Waals surface area (Å²) in [7, 11) is 0. The minimum atomic E-state index is -0.971. The number of nitrogens with two attached hydrogens (primary N) is 1. The maximum Gasteiger partial charge on any atom is 0.430 e. The summed E-state index contributed by atoms with van der Waals surface area (Å²) in [5.74, 6) is 0. The molecule has 0 heterocycles. The SMILES string of the molecule is NC(=O)O/N=C/c1ccc(Cl)c(Cl)c1. The highest BCUT2D eigenvalue weighted by Crippen LogP contribution is 2.21. The van der Waals surface area contributed by atoms with Gasteiger partial charge in [0.25, 0.3) is 0 Å². The van der Waals surface area contributed by atoms with Crippen molar-refractivity contribution in [3.8, 4) is 0 Å². The van der Waals surface area contributed by atoms with Crippen LogP contribution in [0, 0.1) is 0 Å². The molecule has 14 heavy (non-hydrogen) atoms. The van der Waals surface area contributed by atoms with Crippen LogP contribution in [0.5, 0.6) is 0 Å². The van der Waals surface area contributed by atoms with Crippen molar-refractivity contribution in [3.63, 3.8) is 0 Å². The Hall–Kier alpha value is -1.26. The summed E-state index contributed by atoms with van der Waals surface area (Å²) in [5, 5.41) is 4.15. The molecular formula is C8H6Cl2N2O2. The van der Waals surface area contributed by atoms with Crippen molar-refractivity contribution >= 4 is 35.5 Å². The molecule has 0 spiro atoms. The average molecular weight is 233 g/mol. The molecule has 0 radical (unpaired) electrons. The highest BCUT2D eigenvalue weighted by Gasteiger charge is 1.97. The van der Waals surface area contributed by atoms with Gasteiger partial charge < -0.3 is 5.73 Å². The van der Waals surface area contributed by atoms with Crippen LogP contribution in [0.3, 0.4) is 0 Å². The summed E-state index contributed by atoms with van der Waals surface area (Å²) in [6, 6.07) is 4.86. The minimum absolute atomic E-state index is 0.398. The van der Waals surface area contributed by atoms with Crippen LogP contribution in [-0.2, 0) is 4.84 Å². The third kappa shape index (κ3) is 3.24. The molecule has 1 amide bonds. The first kappa shape index (κ1) is 10.8. The molecule has 0 unspecified atom stereocenters. The summed E-state index contributed by atoms with van der Waals surface area (Å²) in [6.07, 6.45) is 0.328. The highest BCUT2D eigenvalue weighted by molar-refractivity contribution is 6.42. The number of carbonyl (C=O) groups is 1. The van der Waals surface area contributed by atoms with Crippen molar-refractivity contribution in [1.29, 1.82) is 0 Å². The first-order chi connectivity index (χ1) is 6.59. The zero-order chi connectivity index (χ0) is 10.6. The lowest BCUT2D eigenvalue weighted by molar-refractivity contribution is 0.162. The highest BCUT2D eigenvalue weighted by atomic mass is 35.5. The van der Waals surface area contributed by atoms with Crippen LogP contribution in [0.25, 0.3) is 0 Å². The molecule has 0 aromatic heterocycles. The smallest absolute Gasteiger partial charge is 0.333 e. The first-order valence-corrected chi connectivity index (χ1v) is 4.30. The number of oxime groups is 1. The summed E-state index contributed by atoms with van der Waals surface area (Å²) in [6.45, 7) is 0. The number of carbonyl (C=O) groups excluding carboxylic acids is 1. The summed E-state index contributed by atoms with van der Waals surface area (Å²) in [4.78, 5) is 14.3. The predicted octanol–water partition coefficient (Wildman–Crippen LogP) is 2.42. The van der Waals surface area contributed by atoms with E-state index in [1.54, 1.807) is 18.2 Å². The van der Waals surface area contributed by atoms with E-state index in [0.717, 1.165) is 0 Å². The van der Waals surface area contributed by atoms with Gasteiger partial charge in [0.2, 0.25) is 0 Å². The van der Waals surface area contributed by atoms with Crippen molar-refractivity contribution in [2.24, 2.45) is 10.9 Å². The lowest BCUT2D eigenvalue weighted by atomic mass is 10.2. The van der Waals surface area contributed by atoms with Crippen molar-refractivity contribution in [3.05, 3.63) is 33.8 Å². The van der Waals surface area contributed by atoms with Crippen LogP contribution in [0.2, 0.25) is 10.0 Å². The van der Waals surface area contributed by atoms with Gasteiger partial charge in [0.05, 0.1) is 16.3 Å². The second kappa shape index (κ2) is 4.83. The summed E-state index contributed by atoms with van der Waals surface area (Å²) < 4.78 is 0. The van der Waals surface area contributed by atoms with E-state index in [1.165, 1.54) is 6.21 Å². The number of hydrogen-bond donors (Lipinski definition) is 1. The predicted molar refractivity (Wildman–Crippen MR) is 54.7 cm³/mol. The molecule has 4 nitrogen and oxygen atoms in total. The van der Waals surface area contributed by atoms with Crippen molar-refractivity contribution in [1.82, 2.24) is 0 Å². The summed E-state index contributed by atoms with van der Waals surface area (Å²) in [5.41, 5.74) is 5.34. The van der Waals surface area contributed by atoms with Gasteiger partial charge in [-0.25, -0.2) is 4.79 Å². The molecule has 1 rings (SSSR count). The lowest BCUT2D eigenvalue weighted by Crippen LogP contribution is -2.09. The van der Waals surface area contributed by atoms with Gasteiger partial charge in [0, 0.05) is 0 Å². The summed E-state index contributed by atoms with van der Waals surface area (Å²) >= 11 is 11.4. The number of rotatable bonds is 2. The Morgan fingerprint density at radius 2 is 2.14 bits per heavy atom. The van der Waals surface area contributed by atoms with Gasteiger partial charge in [-0.05, 0) is 17.7 Å². The quantitative estimate of drug-likeness (QED) is 0.484. The fourth-order valence-electron chi connectivity index (χ4n) is 0.732. The Morgan fingerprint density at radius 1 is 1.43 bits per heavy atom. The fourth-order valence-corrected chi connectivity index (χ4v) is 1.04. The van der Waals surface area contributed by atoms with Crippen LogP contribution < -0.4 is 5.73 Å². The van der Waals surface area contributed by atoms with Gasteiger partial charge in [-0.15, -0.1) is 0 Å². The fraction of sp³-hybridized carbons (Fsp3) is 0. The van der Waals surface area contributed by atoms with Crippen LogP contribution in [0.4, 0.5) is 4.79 Å². The van der Waals surface area contributed by atoms with Crippen molar-refractivity contribution in [2.75, 3.05) is 0 Å². The Kier molecular flexibility index (Phi) is 3.73. The molecular weight excluding hydrogens is 227 g/mol. The molecule has 0 saturated carbocycles. The number of nitrogens with zero attached hydrogens (tertiary/aromatic N) is 1. The van der Waals surface area contributed by atoms with Crippen molar-refractivity contribution in [2.45, 2.75) is 0 Å². The number of benzene rings is 1. The van der Waals surface area contributed by atoms with Crippen molar-refractivity contribution < 1.29 is 9.63 Å². The Labute approximate surface area is 90.2 Å². The van der Waals surface area contributed by atoms with Gasteiger partial charge in [-0.1, -0.05) is 34.4 Å². The zero-order valence-corrected chi connectivity index (χ0v) is 8.42. The topological polar surface area (TPSA) is 64.7 Å². The molecule has 0 aliphatic heterocycles. The Morgan fingerprint density at radius 3 is 2.71 bits per heavy atom. The van der Waals surface area contributed by atoms with Crippen LogP contribution >= 0.6 is 23.2 Å². The zero-order valence-electron chi connectivity index (χ0n) is 6.91. The standard InChI is InChI=1S/C8H6Cl2N2O2/c9-6-2-1-5(3-7(6)10)4-12-14-8(11)13/h1-4H,(H2,11,13)/b12-4+. The molecule has 74 valence electrons. The van der Waals surface area contributed by atoms with E-state index >= 15 is 0 Å². The van der Waals surface area contributed by atoms with Crippen LogP contribution in [0.1, 0.15) is 5.56 Å². The third-order valence-electron chi connectivity index (χ3n) is 1.29. The average Bonchev–Trinajstić information content (AvgIpc) is 2.10. The molecule has 6 heteroatoms. The number of hydrogen-bond acceptors (Lipinski definition) is 3. The van der Waals surface area contributed by atoms with E-state index in [-0.39, 0.29) is 0 Å². The van der Waals surface area contributed by atoms with Gasteiger partial charge in [-0.3, -0.25) is 4.84 Å². The normalized spacial score (nSPS) is 10.4. The molecule has 2 N–H and O–H groups in total. The van der Waals surface area contributed by atoms with E-state index in [9.17, 15) is 4.79 Å². The number of primary amides is 1. The monoisotopic (exact) mass is 232 g/mol. The molecule has 1 aromatic rings. The van der Waals surface area contributed by atoms with Gasteiger partial charge in [0.15, 0.2) is 0 Å². The van der Waals surface area contributed by atoms with E-state index in [1.807, 2.05) is 0 Å². The lowest BCUT2D eigenvalue weighted by Gasteiger charge is -1.96. The molecule has 0 atom stereocenters. The number of halogens is 2. The molecule has 1 aromatic carbocycles. The van der Waals surface area contributed by atoms with Gasteiger partial charge in [-0.2, -0.15) is 0 Å². The minimum Gasteiger partial charge on any atom is -0.333 e. The second-order valence-corrected chi connectivity index (χ2v) is 3.13. The van der Waals surface area contributed by atoms with E-state index in [2.05, 4.69) is 15.7 Å². The van der Waals surface area contributed by atoms with E-state index < -0.39 is 6.09 Å². The largest absolute Gasteiger partial charge is 0.430 e. The van der Waals surface area contributed by atoms with Crippen LogP contribution in [0.15, 0.2) is 23.4 Å². The van der Waals surface area contributed by atoms with Gasteiger partial charge in [0.1, 0.15) is 0 Å². The van der Waals surface area contributed by atoms with Crippen LogP contribution in [-0.4, -0.2) is 12.3 Å². The second-order valence-electron chi connectivity index (χ2n) is 2.32. The number of amides is 1. The molecule has 0 aliphatic rings.